The maximum absolute atomic E-state index is 12.8. The standard InChI is InChI=1S/C19H23N3O5S3/c23-19-9-13-29(24,25)22(19)15-5-7-16(8-6-15)30(26,27)20-14-17(18-4-3-12-28-18)21-10-1-2-11-21/h3-8,12,17,20H,1-2,9-11,13-14H2. The van der Waals surface area contributed by atoms with E-state index in [1.54, 1.807) is 11.3 Å². The Bertz CT molecular complexity index is 1110. The van der Waals surface area contributed by atoms with Crippen LogP contribution < -0.4 is 9.03 Å². The summed E-state index contributed by atoms with van der Waals surface area (Å²) in [5.41, 5.74) is 0.157. The summed E-state index contributed by atoms with van der Waals surface area (Å²) in [6, 6.07) is 9.32. The average Bonchev–Trinajstić information content (AvgIpc) is 3.45. The summed E-state index contributed by atoms with van der Waals surface area (Å²) < 4.78 is 53.2. The predicted octanol–water partition coefficient (Wildman–Crippen LogP) is 1.93. The van der Waals surface area contributed by atoms with Crippen molar-refractivity contribution < 1.29 is 21.6 Å². The molecule has 1 aromatic heterocycles. The number of rotatable bonds is 7. The lowest BCUT2D eigenvalue weighted by atomic mass is 10.2. The van der Waals surface area contributed by atoms with E-state index in [9.17, 15) is 21.6 Å². The molecule has 1 aromatic carbocycles. The smallest absolute Gasteiger partial charge is 0.242 e. The van der Waals surface area contributed by atoms with Gasteiger partial charge in [0.15, 0.2) is 0 Å². The molecular weight excluding hydrogens is 446 g/mol. The molecule has 0 saturated carbocycles. The van der Waals surface area contributed by atoms with Crippen LogP contribution in [0.5, 0.6) is 0 Å². The molecule has 8 nitrogen and oxygen atoms in total. The first kappa shape index (κ1) is 21.4. The number of hydrogen-bond acceptors (Lipinski definition) is 7. The van der Waals surface area contributed by atoms with E-state index >= 15 is 0 Å². The van der Waals surface area contributed by atoms with E-state index in [4.69, 9.17) is 0 Å². The second-order valence-corrected chi connectivity index (χ2v) is 12.0. The van der Waals surface area contributed by atoms with Gasteiger partial charge in [-0.15, -0.1) is 11.3 Å². The summed E-state index contributed by atoms with van der Waals surface area (Å²) in [5.74, 6) is -0.734. The highest BCUT2D eigenvalue weighted by Gasteiger charge is 2.36. The second kappa shape index (κ2) is 8.39. The molecule has 0 radical (unpaired) electrons. The van der Waals surface area contributed by atoms with Gasteiger partial charge in [0.2, 0.25) is 26.0 Å². The van der Waals surface area contributed by atoms with Crippen LogP contribution in [0.25, 0.3) is 0 Å². The Morgan fingerprint density at radius 3 is 2.37 bits per heavy atom. The summed E-state index contributed by atoms with van der Waals surface area (Å²) in [6.07, 6.45) is 2.15. The van der Waals surface area contributed by atoms with Crippen LogP contribution in [0.3, 0.4) is 0 Å². The highest BCUT2D eigenvalue weighted by atomic mass is 32.2. The minimum absolute atomic E-state index is 0.0195. The summed E-state index contributed by atoms with van der Waals surface area (Å²) in [7, 11) is -7.46. The van der Waals surface area contributed by atoms with Crippen LogP contribution in [0.2, 0.25) is 0 Å². The number of carbonyl (C=O) groups excluding carboxylic acids is 1. The van der Waals surface area contributed by atoms with Gasteiger partial charge in [-0.25, -0.2) is 25.9 Å². The Labute approximate surface area is 180 Å². The van der Waals surface area contributed by atoms with Crippen LogP contribution in [0, 0.1) is 0 Å². The van der Waals surface area contributed by atoms with Crippen LogP contribution in [0.1, 0.15) is 30.2 Å². The Morgan fingerprint density at radius 1 is 1.10 bits per heavy atom. The number of sulfonamides is 2. The summed E-state index contributed by atoms with van der Waals surface area (Å²) in [6.45, 7) is 2.14. The molecule has 3 heterocycles. The Balaban J connectivity index is 1.50. The van der Waals surface area contributed by atoms with E-state index < -0.39 is 26.0 Å². The van der Waals surface area contributed by atoms with E-state index in [0.29, 0.717) is 0 Å². The number of anilines is 1. The van der Waals surface area contributed by atoms with Crippen LogP contribution in [0.15, 0.2) is 46.7 Å². The van der Waals surface area contributed by atoms with Crippen molar-refractivity contribution in [3.8, 4) is 0 Å². The van der Waals surface area contributed by atoms with Crippen molar-refractivity contribution in [3.63, 3.8) is 0 Å². The highest BCUT2D eigenvalue weighted by Crippen LogP contribution is 2.29. The molecule has 2 saturated heterocycles. The van der Waals surface area contributed by atoms with Crippen molar-refractivity contribution >= 4 is 43.0 Å². The summed E-state index contributed by atoms with van der Waals surface area (Å²) >= 11 is 1.61. The van der Waals surface area contributed by atoms with E-state index in [1.165, 1.54) is 24.3 Å². The van der Waals surface area contributed by atoms with Crippen molar-refractivity contribution in [2.45, 2.75) is 30.2 Å². The fraction of sp³-hybridized carbons (Fsp3) is 0.421. The zero-order chi connectivity index (χ0) is 21.4. The maximum atomic E-state index is 12.8. The lowest BCUT2D eigenvalue weighted by Crippen LogP contribution is -2.36. The molecule has 2 fully saturated rings. The number of likely N-dealkylation sites (tertiary alicyclic amines) is 1. The van der Waals surface area contributed by atoms with Crippen molar-refractivity contribution in [1.29, 1.82) is 0 Å². The van der Waals surface area contributed by atoms with Crippen molar-refractivity contribution in [3.05, 3.63) is 46.7 Å². The van der Waals surface area contributed by atoms with Crippen molar-refractivity contribution in [2.75, 3.05) is 29.7 Å². The normalized spacial score (nSPS) is 20.7. The molecule has 1 amide bonds. The lowest BCUT2D eigenvalue weighted by Gasteiger charge is -2.26. The van der Waals surface area contributed by atoms with E-state index in [1.807, 2.05) is 17.5 Å². The molecule has 11 heteroatoms. The first-order chi connectivity index (χ1) is 14.3. The fourth-order valence-corrected chi connectivity index (χ4v) is 7.20. The molecule has 0 aliphatic carbocycles. The van der Waals surface area contributed by atoms with Crippen LogP contribution in [0.4, 0.5) is 5.69 Å². The van der Waals surface area contributed by atoms with Crippen LogP contribution in [-0.2, 0) is 24.8 Å². The molecule has 30 heavy (non-hydrogen) atoms. The predicted molar refractivity (Wildman–Crippen MR) is 115 cm³/mol. The van der Waals surface area contributed by atoms with E-state index in [0.717, 1.165) is 35.1 Å². The number of amides is 1. The summed E-state index contributed by atoms with van der Waals surface area (Å²) in [5, 5.41) is 1.99. The lowest BCUT2D eigenvalue weighted by molar-refractivity contribution is -0.116. The minimum atomic E-state index is -3.78. The molecule has 1 unspecified atom stereocenters. The maximum Gasteiger partial charge on any atom is 0.242 e. The Hall–Kier alpha value is -1.79. The van der Waals surface area contributed by atoms with Crippen molar-refractivity contribution in [2.24, 2.45) is 0 Å². The van der Waals surface area contributed by atoms with Gasteiger partial charge in [-0.1, -0.05) is 6.07 Å². The monoisotopic (exact) mass is 469 g/mol. The van der Waals surface area contributed by atoms with Gasteiger partial charge in [0.05, 0.1) is 22.4 Å². The molecular formula is C19H23N3O5S3. The first-order valence-corrected chi connectivity index (χ1v) is 13.7. The van der Waals surface area contributed by atoms with Crippen molar-refractivity contribution in [1.82, 2.24) is 9.62 Å². The van der Waals surface area contributed by atoms with Gasteiger partial charge < -0.3 is 0 Å². The SMILES string of the molecule is O=C1CCS(=O)(=O)N1c1ccc(S(=O)(=O)NCC(c2cccs2)N2CCCC2)cc1. The van der Waals surface area contributed by atoms with Gasteiger partial charge in [0.1, 0.15) is 0 Å². The van der Waals surface area contributed by atoms with Gasteiger partial charge in [-0.2, -0.15) is 0 Å². The topological polar surface area (TPSA) is 104 Å². The van der Waals surface area contributed by atoms with Gasteiger partial charge in [0, 0.05) is 17.8 Å². The third-order valence-electron chi connectivity index (χ3n) is 5.38. The van der Waals surface area contributed by atoms with E-state index in [2.05, 4.69) is 9.62 Å². The van der Waals surface area contributed by atoms with Gasteiger partial charge in [0.25, 0.3) is 0 Å². The molecule has 4 rings (SSSR count). The number of thiophene rings is 1. The molecule has 2 aliphatic rings. The van der Waals surface area contributed by atoms with E-state index in [-0.39, 0.29) is 35.3 Å². The largest absolute Gasteiger partial charge is 0.294 e. The van der Waals surface area contributed by atoms with Crippen LogP contribution >= 0.6 is 11.3 Å². The Kier molecular flexibility index (Phi) is 5.99. The van der Waals surface area contributed by atoms with Gasteiger partial charge in [-0.3, -0.25) is 9.69 Å². The molecule has 1 N–H and O–H groups in total. The minimum Gasteiger partial charge on any atom is -0.294 e. The van der Waals surface area contributed by atoms with Gasteiger partial charge >= 0.3 is 0 Å². The third kappa shape index (κ3) is 4.30. The molecule has 0 spiro atoms. The highest BCUT2D eigenvalue weighted by molar-refractivity contribution is 7.94. The number of benzene rings is 1. The average molecular weight is 470 g/mol. The van der Waals surface area contributed by atoms with Gasteiger partial charge in [-0.05, 0) is 61.6 Å². The third-order valence-corrected chi connectivity index (χ3v) is 9.48. The molecule has 2 aliphatic heterocycles. The zero-order valence-electron chi connectivity index (χ0n) is 16.2. The van der Waals surface area contributed by atoms with Crippen LogP contribution in [-0.4, -0.2) is 53.0 Å². The molecule has 1 atom stereocenters. The Morgan fingerprint density at radius 2 is 1.80 bits per heavy atom. The second-order valence-electron chi connectivity index (χ2n) is 7.34. The molecule has 162 valence electrons. The number of hydrogen-bond donors (Lipinski definition) is 1. The molecule has 0 bridgehead atoms. The quantitative estimate of drug-likeness (QED) is 0.665. The summed E-state index contributed by atoms with van der Waals surface area (Å²) in [4.78, 5) is 15.3. The fourth-order valence-electron chi connectivity index (χ4n) is 3.85. The first-order valence-electron chi connectivity index (χ1n) is 9.71. The number of carbonyl (C=O) groups is 1. The number of nitrogens with one attached hydrogen (secondary N) is 1. The number of nitrogens with zero attached hydrogens (tertiary/aromatic N) is 2. The zero-order valence-corrected chi connectivity index (χ0v) is 18.7. The molecule has 2 aromatic rings.